The number of carbonyl (C=O) groups excluding carboxylic acids is 1. The maximum Gasteiger partial charge on any atom is 0.189 e. The Morgan fingerprint density at radius 2 is 1.55 bits per heavy atom. The summed E-state index contributed by atoms with van der Waals surface area (Å²) in [5.74, 6) is -2.44. The molecule has 2 rings (SSSR count). The van der Waals surface area contributed by atoms with E-state index in [1.807, 2.05) is 0 Å². The average Bonchev–Trinajstić information content (AvgIpc) is 2.42. The second kappa shape index (κ2) is 5.52. The Balaban J connectivity index is 2.29. The number of phenols is 2. The van der Waals surface area contributed by atoms with Crippen molar-refractivity contribution < 1.29 is 23.8 Å². The molecule has 0 aromatic heterocycles. The van der Waals surface area contributed by atoms with E-state index >= 15 is 0 Å². The largest absolute Gasteiger partial charge is 0.507 e. The Labute approximate surface area is 113 Å². The number of rotatable bonds is 3. The smallest absolute Gasteiger partial charge is 0.189 e. The zero-order valence-corrected chi connectivity index (χ0v) is 10.2. The average molecular weight is 276 g/mol. The summed E-state index contributed by atoms with van der Waals surface area (Å²) >= 11 is 0. The minimum absolute atomic E-state index is 0.106. The van der Waals surface area contributed by atoms with Crippen LogP contribution in [0.15, 0.2) is 42.5 Å². The van der Waals surface area contributed by atoms with Gasteiger partial charge >= 0.3 is 0 Å². The number of allylic oxidation sites excluding steroid dienone is 1. The minimum Gasteiger partial charge on any atom is -0.507 e. The van der Waals surface area contributed by atoms with Gasteiger partial charge in [0.2, 0.25) is 0 Å². The third-order valence-corrected chi connectivity index (χ3v) is 2.63. The number of ketones is 1. The van der Waals surface area contributed by atoms with Crippen molar-refractivity contribution in [2.24, 2.45) is 0 Å². The molecule has 0 spiro atoms. The summed E-state index contributed by atoms with van der Waals surface area (Å²) in [6.07, 6.45) is 2.20. The second-order valence-corrected chi connectivity index (χ2v) is 4.06. The van der Waals surface area contributed by atoms with Crippen molar-refractivity contribution in [3.05, 3.63) is 65.2 Å². The molecule has 0 aliphatic rings. The molecule has 0 atom stereocenters. The number of hydrogen-bond donors (Lipinski definition) is 2. The summed E-state index contributed by atoms with van der Waals surface area (Å²) in [5.41, 5.74) is -0.105. The van der Waals surface area contributed by atoms with E-state index in [4.69, 9.17) is 0 Å². The predicted octanol–water partition coefficient (Wildman–Crippen LogP) is 3.27. The number of hydrogen-bond acceptors (Lipinski definition) is 3. The van der Waals surface area contributed by atoms with Gasteiger partial charge in [-0.1, -0.05) is 0 Å². The van der Waals surface area contributed by atoms with Gasteiger partial charge in [0.1, 0.15) is 23.1 Å². The van der Waals surface area contributed by atoms with Crippen molar-refractivity contribution in [1.82, 2.24) is 0 Å². The molecule has 0 saturated carbocycles. The van der Waals surface area contributed by atoms with Crippen LogP contribution >= 0.6 is 0 Å². The van der Waals surface area contributed by atoms with Crippen molar-refractivity contribution in [2.45, 2.75) is 0 Å². The highest BCUT2D eigenvalue weighted by Gasteiger charge is 2.09. The molecule has 0 aliphatic carbocycles. The third kappa shape index (κ3) is 3.00. The van der Waals surface area contributed by atoms with Crippen LogP contribution in [-0.4, -0.2) is 16.0 Å². The van der Waals surface area contributed by atoms with E-state index in [-0.39, 0.29) is 22.6 Å². The first-order chi connectivity index (χ1) is 9.47. The van der Waals surface area contributed by atoms with E-state index in [2.05, 4.69) is 0 Å². The minimum atomic E-state index is -0.661. The maximum absolute atomic E-state index is 13.0. The van der Waals surface area contributed by atoms with Crippen LogP contribution in [0.2, 0.25) is 0 Å². The van der Waals surface area contributed by atoms with Gasteiger partial charge in [-0.2, -0.15) is 0 Å². The first-order valence-electron chi connectivity index (χ1n) is 5.67. The lowest BCUT2D eigenvalue weighted by Gasteiger charge is -2.01. The SMILES string of the molecule is O=C(/C=C/c1cc(F)ccc1O)c1cc(F)ccc1O. The predicted molar refractivity (Wildman–Crippen MR) is 69.5 cm³/mol. The van der Waals surface area contributed by atoms with Gasteiger partial charge in [-0.15, -0.1) is 0 Å². The number of phenolic OH excluding ortho intramolecular Hbond substituents is 2. The summed E-state index contributed by atoms with van der Waals surface area (Å²) in [7, 11) is 0. The van der Waals surface area contributed by atoms with Crippen molar-refractivity contribution in [1.29, 1.82) is 0 Å². The highest BCUT2D eigenvalue weighted by Crippen LogP contribution is 2.22. The summed E-state index contributed by atoms with van der Waals surface area (Å²) < 4.78 is 26.0. The summed E-state index contributed by atoms with van der Waals surface area (Å²) in [6, 6.07) is 6.26. The quantitative estimate of drug-likeness (QED) is 0.668. The molecule has 102 valence electrons. The molecule has 0 amide bonds. The van der Waals surface area contributed by atoms with Gasteiger partial charge in [-0.05, 0) is 48.6 Å². The molecule has 2 aromatic carbocycles. The van der Waals surface area contributed by atoms with Crippen molar-refractivity contribution in [3.8, 4) is 11.5 Å². The van der Waals surface area contributed by atoms with Crippen LogP contribution in [0.4, 0.5) is 8.78 Å². The fourth-order valence-electron chi connectivity index (χ4n) is 1.62. The van der Waals surface area contributed by atoms with Gasteiger partial charge in [-0.25, -0.2) is 8.78 Å². The van der Waals surface area contributed by atoms with Crippen LogP contribution in [-0.2, 0) is 0 Å². The molecule has 0 saturated heterocycles. The molecule has 0 heterocycles. The highest BCUT2D eigenvalue weighted by atomic mass is 19.1. The van der Waals surface area contributed by atoms with Crippen LogP contribution in [0.5, 0.6) is 11.5 Å². The molecule has 0 radical (unpaired) electrons. The van der Waals surface area contributed by atoms with Gasteiger partial charge < -0.3 is 10.2 Å². The van der Waals surface area contributed by atoms with Gasteiger partial charge in [0, 0.05) is 5.56 Å². The van der Waals surface area contributed by atoms with Crippen LogP contribution in [0.25, 0.3) is 6.08 Å². The van der Waals surface area contributed by atoms with Crippen LogP contribution in [0, 0.1) is 11.6 Å². The standard InChI is InChI=1S/C15H10F2O3/c16-10-2-5-13(18)9(7-10)1-4-14(19)12-8-11(17)3-6-15(12)20/h1-8,18,20H/b4-1+. The lowest BCUT2D eigenvalue weighted by Crippen LogP contribution is -1.96. The number of halogens is 2. The molecule has 20 heavy (non-hydrogen) atoms. The molecule has 0 unspecified atom stereocenters. The normalized spacial score (nSPS) is 10.9. The second-order valence-electron chi connectivity index (χ2n) is 4.06. The third-order valence-electron chi connectivity index (χ3n) is 2.63. The molecular weight excluding hydrogens is 266 g/mol. The van der Waals surface area contributed by atoms with E-state index in [1.165, 1.54) is 6.08 Å². The molecule has 0 fully saturated rings. The topological polar surface area (TPSA) is 57.5 Å². The first-order valence-corrected chi connectivity index (χ1v) is 5.67. The van der Waals surface area contributed by atoms with Crippen molar-refractivity contribution >= 4 is 11.9 Å². The Morgan fingerprint density at radius 1 is 0.950 bits per heavy atom. The Bertz CT molecular complexity index is 694. The molecule has 2 N–H and O–H groups in total. The van der Waals surface area contributed by atoms with Crippen molar-refractivity contribution in [3.63, 3.8) is 0 Å². The van der Waals surface area contributed by atoms with Crippen molar-refractivity contribution in [2.75, 3.05) is 0 Å². The Morgan fingerprint density at radius 3 is 2.25 bits per heavy atom. The van der Waals surface area contributed by atoms with E-state index in [1.54, 1.807) is 0 Å². The fourth-order valence-corrected chi connectivity index (χ4v) is 1.62. The van der Waals surface area contributed by atoms with Gasteiger partial charge in [-0.3, -0.25) is 4.79 Å². The fraction of sp³-hybridized carbons (Fsp3) is 0. The summed E-state index contributed by atoms with van der Waals surface area (Å²) in [4.78, 5) is 11.8. The highest BCUT2D eigenvalue weighted by molar-refractivity contribution is 6.08. The monoisotopic (exact) mass is 276 g/mol. The molecule has 5 heteroatoms. The molecule has 0 bridgehead atoms. The zero-order valence-electron chi connectivity index (χ0n) is 10.2. The molecule has 3 nitrogen and oxygen atoms in total. The number of benzene rings is 2. The Kier molecular flexibility index (Phi) is 3.79. The maximum atomic E-state index is 13.0. The van der Waals surface area contributed by atoms with E-state index in [9.17, 15) is 23.8 Å². The van der Waals surface area contributed by atoms with Crippen LogP contribution in [0.3, 0.4) is 0 Å². The van der Waals surface area contributed by atoms with Crippen LogP contribution in [0.1, 0.15) is 15.9 Å². The first kappa shape index (κ1) is 13.7. The summed E-state index contributed by atoms with van der Waals surface area (Å²) in [6.45, 7) is 0. The van der Waals surface area contributed by atoms with Gasteiger partial charge in [0.15, 0.2) is 5.78 Å². The van der Waals surface area contributed by atoms with Gasteiger partial charge in [0.05, 0.1) is 5.56 Å². The number of aromatic hydroxyl groups is 2. The van der Waals surface area contributed by atoms with E-state index in [0.29, 0.717) is 0 Å². The Hall–Kier alpha value is -2.69. The molecule has 2 aromatic rings. The lowest BCUT2D eigenvalue weighted by molar-refractivity contribution is 0.104. The summed E-state index contributed by atoms with van der Waals surface area (Å²) in [5, 5.41) is 18.9. The van der Waals surface area contributed by atoms with Crippen LogP contribution < -0.4 is 0 Å². The number of carbonyl (C=O) groups is 1. The molecule has 0 aliphatic heterocycles. The van der Waals surface area contributed by atoms with E-state index < -0.39 is 17.4 Å². The van der Waals surface area contributed by atoms with E-state index in [0.717, 1.165) is 42.5 Å². The lowest BCUT2D eigenvalue weighted by atomic mass is 10.1. The molecular formula is C15H10F2O3. The zero-order chi connectivity index (χ0) is 14.7. The van der Waals surface area contributed by atoms with Gasteiger partial charge in [0.25, 0.3) is 0 Å².